The average molecular weight is 481 g/mol. The Hall–Kier alpha value is -2.97. The van der Waals surface area contributed by atoms with Gasteiger partial charge in [0.2, 0.25) is 5.91 Å². The van der Waals surface area contributed by atoms with E-state index in [1.54, 1.807) is 11.3 Å². The summed E-state index contributed by atoms with van der Waals surface area (Å²) < 4.78 is 1.91. The van der Waals surface area contributed by atoms with Crippen molar-refractivity contribution in [1.29, 1.82) is 0 Å². The molecule has 7 nitrogen and oxygen atoms in total. The molecule has 1 aliphatic heterocycles. The van der Waals surface area contributed by atoms with Crippen molar-refractivity contribution in [3.8, 4) is 5.69 Å². The van der Waals surface area contributed by atoms with E-state index in [2.05, 4.69) is 20.4 Å². The van der Waals surface area contributed by atoms with Crippen LogP contribution in [0.4, 0.5) is 5.82 Å². The van der Waals surface area contributed by atoms with Gasteiger partial charge in [0.15, 0.2) is 5.82 Å². The zero-order chi connectivity index (χ0) is 22.9. The average Bonchev–Trinajstić information content (AvgIpc) is 3.47. The van der Waals surface area contributed by atoms with Gasteiger partial charge in [0.05, 0.1) is 34.9 Å². The number of anilines is 1. The lowest BCUT2D eigenvalue weighted by Gasteiger charge is -2.32. The van der Waals surface area contributed by atoms with Crippen LogP contribution in [0, 0.1) is 19.8 Å². The molecule has 1 saturated heterocycles. The van der Waals surface area contributed by atoms with Gasteiger partial charge in [-0.25, -0.2) is 4.68 Å². The molecular formula is C24H25ClN6OS. The molecule has 3 aromatic heterocycles. The van der Waals surface area contributed by atoms with Crippen molar-refractivity contribution in [2.75, 3.05) is 18.0 Å². The van der Waals surface area contributed by atoms with Crippen molar-refractivity contribution in [2.45, 2.75) is 33.2 Å². The van der Waals surface area contributed by atoms with Gasteiger partial charge in [-0.15, -0.1) is 16.4 Å². The molecule has 0 aliphatic carbocycles. The fraction of sp³-hybridized carbons (Fsp3) is 0.333. The van der Waals surface area contributed by atoms with E-state index in [0.717, 1.165) is 58.1 Å². The topological polar surface area (TPSA) is 75.9 Å². The van der Waals surface area contributed by atoms with Gasteiger partial charge in [0.1, 0.15) is 5.52 Å². The fourth-order valence-electron chi connectivity index (χ4n) is 4.47. The highest BCUT2D eigenvalue weighted by Gasteiger charge is 2.29. The molecule has 1 aromatic carbocycles. The second-order valence-corrected chi connectivity index (χ2v) is 9.86. The molecule has 1 fully saturated rings. The van der Waals surface area contributed by atoms with Crippen molar-refractivity contribution in [3.05, 3.63) is 63.1 Å². The summed E-state index contributed by atoms with van der Waals surface area (Å²) in [5, 5.41) is 20.7. The number of aromatic nitrogens is 4. The van der Waals surface area contributed by atoms with Gasteiger partial charge in [-0.2, -0.15) is 10.2 Å². The van der Waals surface area contributed by atoms with Gasteiger partial charge >= 0.3 is 0 Å². The molecule has 5 rings (SSSR count). The number of amides is 1. The zero-order valence-corrected chi connectivity index (χ0v) is 20.2. The lowest BCUT2D eigenvalue weighted by molar-refractivity contribution is -0.125. The Balaban J connectivity index is 1.43. The number of hydrogen-bond acceptors (Lipinski definition) is 6. The van der Waals surface area contributed by atoms with Crippen molar-refractivity contribution in [3.63, 3.8) is 0 Å². The number of aryl methyl sites for hydroxylation is 2. The molecule has 1 amide bonds. The third kappa shape index (κ3) is 4.32. The molecule has 170 valence electrons. The zero-order valence-electron chi connectivity index (χ0n) is 18.6. The number of piperidine rings is 1. The molecule has 4 aromatic rings. The van der Waals surface area contributed by atoms with E-state index in [-0.39, 0.29) is 11.8 Å². The Morgan fingerprint density at radius 3 is 2.79 bits per heavy atom. The van der Waals surface area contributed by atoms with E-state index in [4.69, 9.17) is 16.7 Å². The fourth-order valence-corrected chi connectivity index (χ4v) is 5.24. The Morgan fingerprint density at radius 2 is 2.03 bits per heavy atom. The van der Waals surface area contributed by atoms with Crippen LogP contribution < -0.4 is 10.2 Å². The van der Waals surface area contributed by atoms with Crippen molar-refractivity contribution in [2.24, 2.45) is 5.92 Å². The Labute approximate surface area is 201 Å². The van der Waals surface area contributed by atoms with Gasteiger partial charge in [-0.1, -0.05) is 17.7 Å². The van der Waals surface area contributed by atoms with Crippen LogP contribution in [0.25, 0.3) is 16.6 Å². The van der Waals surface area contributed by atoms with Gasteiger partial charge in [-0.3, -0.25) is 4.79 Å². The third-order valence-corrected chi connectivity index (χ3v) is 7.29. The van der Waals surface area contributed by atoms with Gasteiger partial charge < -0.3 is 10.2 Å². The van der Waals surface area contributed by atoms with Crippen LogP contribution in [0.3, 0.4) is 0 Å². The number of halogens is 1. The Kier molecular flexibility index (Phi) is 6.03. The second kappa shape index (κ2) is 9.11. The van der Waals surface area contributed by atoms with Crippen LogP contribution in [-0.4, -0.2) is 39.0 Å². The van der Waals surface area contributed by atoms with Crippen LogP contribution in [0.2, 0.25) is 5.02 Å². The maximum absolute atomic E-state index is 12.9. The van der Waals surface area contributed by atoms with Crippen molar-refractivity contribution in [1.82, 2.24) is 25.3 Å². The molecule has 9 heteroatoms. The molecule has 0 saturated carbocycles. The number of benzene rings is 1. The minimum absolute atomic E-state index is 0.0867. The SMILES string of the molecule is Cc1nnc(N2CCCC(C(=O)NCc3cccs3)C2)c2nn(-c3ccc(Cl)cc3)c(C)c12. The second-order valence-electron chi connectivity index (χ2n) is 8.39. The number of rotatable bonds is 5. The first-order valence-electron chi connectivity index (χ1n) is 11.0. The monoisotopic (exact) mass is 480 g/mol. The molecule has 1 atom stereocenters. The summed E-state index contributed by atoms with van der Waals surface area (Å²) in [4.78, 5) is 16.2. The number of nitrogens with zero attached hydrogens (tertiary/aromatic N) is 5. The van der Waals surface area contributed by atoms with E-state index >= 15 is 0 Å². The maximum Gasteiger partial charge on any atom is 0.225 e. The standard InChI is InChI=1S/C24H25ClN6OS/c1-15-21-16(2)31(19-9-7-18(25)8-10-19)29-22(21)23(28-27-15)30-11-3-5-17(14-30)24(32)26-13-20-6-4-12-33-20/h4,6-10,12,17H,3,5,11,13-14H2,1-2H3,(H,26,32). The summed E-state index contributed by atoms with van der Waals surface area (Å²) in [6.45, 7) is 6.01. The number of nitrogens with one attached hydrogen (secondary N) is 1. The number of fused-ring (bicyclic) bond motifs is 1. The number of hydrogen-bond donors (Lipinski definition) is 1. The summed E-state index contributed by atoms with van der Waals surface area (Å²) in [6, 6.07) is 11.7. The number of carbonyl (C=O) groups excluding carboxylic acids is 1. The summed E-state index contributed by atoms with van der Waals surface area (Å²) in [5.41, 5.74) is 3.59. The third-order valence-electron chi connectivity index (χ3n) is 6.16. The first-order valence-corrected chi connectivity index (χ1v) is 12.3. The molecule has 1 aliphatic rings. The van der Waals surface area contributed by atoms with E-state index in [1.165, 1.54) is 0 Å². The number of thiophene rings is 1. The first kappa shape index (κ1) is 21.9. The summed E-state index contributed by atoms with van der Waals surface area (Å²) in [7, 11) is 0. The Morgan fingerprint density at radius 1 is 1.21 bits per heavy atom. The van der Waals surface area contributed by atoms with Crippen LogP contribution in [0.15, 0.2) is 41.8 Å². The number of carbonyl (C=O) groups is 1. The molecule has 1 N–H and O–H groups in total. The Bertz CT molecular complexity index is 1280. The largest absolute Gasteiger partial charge is 0.352 e. The quantitative estimate of drug-likeness (QED) is 0.449. The highest BCUT2D eigenvalue weighted by atomic mass is 35.5. The molecule has 0 bridgehead atoms. The van der Waals surface area contributed by atoms with Crippen molar-refractivity contribution < 1.29 is 4.79 Å². The minimum atomic E-state index is -0.0867. The maximum atomic E-state index is 12.9. The van der Waals surface area contributed by atoms with E-state index in [9.17, 15) is 4.79 Å². The van der Waals surface area contributed by atoms with Crippen LogP contribution >= 0.6 is 22.9 Å². The highest BCUT2D eigenvalue weighted by Crippen LogP contribution is 2.31. The molecule has 1 unspecified atom stereocenters. The molecule has 0 radical (unpaired) electrons. The van der Waals surface area contributed by atoms with E-state index < -0.39 is 0 Å². The van der Waals surface area contributed by atoms with Crippen LogP contribution in [-0.2, 0) is 11.3 Å². The predicted molar refractivity (Wildman–Crippen MR) is 132 cm³/mol. The van der Waals surface area contributed by atoms with E-state index in [1.807, 2.05) is 60.3 Å². The lowest BCUT2D eigenvalue weighted by Crippen LogP contribution is -2.43. The summed E-state index contributed by atoms with van der Waals surface area (Å²) in [5.74, 6) is 0.741. The molecule has 33 heavy (non-hydrogen) atoms. The smallest absolute Gasteiger partial charge is 0.225 e. The van der Waals surface area contributed by atoms with Gasteiger partial charge in [-0.05, 0) is 62.4 Å². The van der Waals surface area contributed by atoms with Crippen LogP contribution in [0.1, 0.15) is 29.1 Å². The summed E-state index contributed by atoms with van der Waals surface area (Å²) in [6.07, 6.45) is 1.79. The highest BCUT2D eigenvalue weighted by molar-refractivity contribution is 7.09. The summed E-state index contributed by atoms with van der Waals surface area (Å²) >= 11 is 7.72. The van der Waals surface area contributed by atoms with Gasteiger partial charge in [0, 0.05) is 23.0 Å². The molecule has 0 spiro atoms. The minimum Gasteiger partial charge on any atom is -0.352 e. The predicted octanol–water partition coefficient (Wildman–Crippen LogP) is 4.68. The lowest BCUT2D eigenvalue weighted by atomic mass is 9.97. The normalized spacial score (nSPS) is 16.3. The molecular weight excluding hydrogens is 456 g/mol. The molecule has 4 heterocycles. The van der Waals surface area contributed by atoms with Crippen molar-refractivity contribution >= 4 is 45.6 Å². The van der Waals surface area contributed by atoms with Crippen LogP contribution in [0.5, 0.6) is 0 Å². The van der Waals surface area contributed by atoms with E-state index in [0.29, 0.717) is 18.1 Å². The first-order chi connectivity index (χ1) is 16.0. The van der Waals surface area contributed by atoms with Gasteiger partial charge in [0.25, 0.3) is 0 Å².